The number of benzene rings is 2. The fourth-order valence-electron chi connectivity index (χ4n) is 1.95. The topological polar surface area (TPSA) is 92.5 Å². The summed E-state index contributed by atoms with van der Waals surface area (Å²) in [6.45, 7) is -0.637. The van der Waals surface area contributed by atoms with Gasteiger partial charge in [0.25, 0.3) is 15.9 Å². The second kappa shape index (κ2) is 7.99. The van der Waals surface area contributed by atoms with Crippen molar-refractivity contribution in [3.63, 3.8) is 0 Å². The molecule has 0 spiro atoms. The fraction of sp³-hybridized carbons (Fsp3) is 0.0714. The van der Waals surface area contributed by atoms with Crippen molar-refractivity contribution in [2.24, 2.45) is 5.84 Å². The van der Waals surface area contributed by atoms with Crippen molar-refractivity contribution in [3.8, 4) is 0 Å². The van der Waals surface area contributed by atoms with Crippen LogP contribution in [0.4, 0.5) is 5.69 Å². The summed E-state index contributed by atoms with van der Waals surface area (Å²) in [7, 11) is -4.29. The van der Waals surface area contributed by atoms with E-state index in [2.05, 4.69) is 0 Å². The van der Waals surface area contributed by atoms with Gasteiger partial charge in [-0.3, -0.25) is 14.5 Å². The van der Waals surface area contributed by atoms with E-state index in [4.69, 9.17) is 52.2 Å². The molecule has 11 heteroatoms. The van der Waals surface area contributed by atoms with Gasteiger partial charge in [-0.2, -0.15) is 0 Å². The Hall–Kier alpha value is -1.22. The maximum absolute atomic E-state index is 13.1. The molecule has 0 fully saturated rings. The van der Waals surface area contributed by atoms with Gasteiger partial charge in [-0.05, 0) is 30.3 Å². The van der Waals surface area contributed by atoms with Crippen LogP contribution in [0.5, 0.6) is 0 Å². The van der Waals surface area contributed by atoms with Crippen LogP contribution in [0.2, 0.25) is 20.1 Å². The van der Waals surface area contributed by atoms with Crippen molar-refractivity contribution in [2.75, 3.05) is 10.8 Å². The summed E-state index contributed by atoms with van der Waals surface area (Å²) >= 11 is 24.0. The summed E-state index contributed by atoms with van der Waals surface area (Å²) in [4.78, 5) is 11.5. The first-order valence-electron chi connectivity index (χ1n) is 6.59. The van der Waals surface area contributed by atoms with E-state index in [0.717, 1.165) is 4.31 Å². The van der Waals surface area contributed by atoms with Crippen molar-refractivity contribution in [1.29, 1.82) is 0 Å². The van der Waals surface area contributed by atoms with Gasteiger partial charge in [-0.1, -0.05) is 52.5 Å². The van der Waals surface area contributed by atoms with E-state index in [9.17, 15) is 13.2 Å². The van der Waals surface area contributed by atoms with Gasteiger partial charge in [0.15, 0.2) is 0 Å². The summed E-state index contributed by atoms with van der Waals surface area (Å²) in [6, 6.07) is 8.31. The monoisotopic (exact) mass is 441 g/mol. The molecular formula is C14H11Cl4N3O3S. The fourth-order valence-corrected chi connectivity index (χ4v) is 4.57. The van der Waals surface area contributed by atoms with Gasteiger partial charge in [0.2, 0.25) is 0 Å². The lowest BCUT2D eigenvalue weighted by atomic mass is 10.3. The SMILES string of the molecule is NNC(=O)CN(c1cccc(Cl)c1Cl)S(=O)(=O)c1cc(Cl)ccc1Cl. The maximum atomic E-state index is 13.1. The van der Waals surface area contributed by atoms with Crippen LogP contribution in [0.15, 0.2) is 41.3 Å². The number of hydrogen-bond donors (Lipinski definition) is 2. The molecule has 0 heterocycles. The largest absolute Gasteiger partial charge is 0.293 e. The Morgan fingerprint density at radius 1 is 1.08 bits per heavy atom. The smallest absolute Gasteiger partial charge is 0.266 e. The summed E-state index contributed by atoms with van der Waals surface area (Å²) in [6.07, 6.45) is 0. The van der Waals surface area contributed by atoms with Gasteiger partial charge in [0.05, 0.1) is 20.8 Å². The minimum Gasteiger partial charge on any atom is -0.293 e. The predicted molar refractivity (Wildman–Crippen MR) is 99.8 cm³/mol. The Bertz CT molecular complexity index is 922. The third kappa shape index (κ3) is 4.31. The van der Waals surface area contributed by atoms with E-state index in [1.807, 2.05) is 5.43 Å². The molecule has 0 aromatic heterocycles. The number of nitrogens with zero attached hydrogens (tertiary/aromatic N) is 1. The summed E-state index contributed by atoms with van der Waals surface area (Å²) in [5.41, 5.74) is 1.86. The summed E-state index contributed by atoms with van der Waals surface area (Å²) in [5.74, 6) is 4.31. The average Bonchev–Trinajstić information content (AvgIpc) is 2.57. The van der Waals surface area contributed by atoms with Crippen molar-refractivity contribution < 1.29 is 13.2 Å². The molecule has 0 saturated heterocycles. The lowest BCUT2D eigenvalue weighted by Gasteiger charge is -2.25. The van der Waals surface area contributed by atoms with Crippen molar-refractivity contribution in [3.05, 3.63) is 56.5 Å². The van der Waals surface area contributed by atoms with E-state index in [-0.39, 0.29) is 30.7 Å². The number of carbonyl (C=O) groups is 1. The van der Waals surface area contributed by atoms with Gasteiger partial charge in [0.1, 0.15) is 11.4 Å². The molecule has 0 saturated carbocycles. The molecule has 2 aromatic carbocycles. The molecular weight excluding hydrogens is 432 g/mol. The lowest BCUT2D eigenvalue weighted by molar-refractivity contribution is -0.119. The van der Waals surface area contributed by atoms with Crippen LogP contribution >= 0.6 is 46.4 Å². The Kier molecular flexibility index (Phi) is 6.42. The molecule has 0 radical (unpaired) electrons. The minimum absolute atomic E-state index is 0.00573. The molecule has 0 bridgehead atoms. The van der Waals surface area contributed by atoms with Gasteiger partial charge in [-0.15, -0.1) is 0 Å². The van der Waals surface area contributed by atoms with Crippen LogP contribution in [-0.4, -0.2) is 20.9 Å². The molecule has 0 aliphatic heterocycles. The van der Waals surface area contributed by atoms with E-state index < -0.39 is 22.5 Å². The van der Waals surface area contributed by atoms with Crippen molar-refractivity contribution >= 4 is 68.0 Å². The number of nitrogens with one attached hydrogen (secondary N) is 1. The summed E-state index contributed by atoms with van der Waals surface area (Å²) < 4.78 is 26.9. The highest BCUT2D eigenvalue weighted by Crippen LogP contribution is 2.37. The van der Waals surface area contributed by atoms with Crippen molar-refractivity contribution in [2.45, 2.75) is 4.90 Å². The molecule has 0 aliphatic rings. The van der Waals surface area contributed by atoms with Crippen LogP contribution in [0.1, 0.15) is 0 Å². The second-order valence-electron chi connectivity index (χ2n) is 4.73. The molecule has 3 N–H and O–H groups in total. The van der Waals surface area contributed by atoms with Crippen LogP contribution in [0.3, 0.4) is 0 Å². The Morgan fingerprint density at radius 2 is 1.76 bits per heavy atom. The van der Waals surface area contributed by atoms with E-state index in [1.165, 1.54) is 36.4 Å². The molecule has 0 unspecified atom stereocenters. The number of sulfonamides is 1. The average molecular weight is 443 g/mol. The number of anilines is 1. The van der Waals surface area contributed by atoms with Gasteiger partial charge in [0, 0.05) is 5.02 Å². The van der Waals surface area contributed by atoms with Crippen LogP contribution in [-0.2, 0) is 14.8 Å². The highest BCUT2D eigenvalue weighted by Gasteiger charge is 2.31. The number of hydrazine groups is 1. The number of hydrogen-bond acceptors (Lipinski definition) is 4. The van der Waals surface area contributed by atoms with E-state index in [1.54, 1.807) is 0 Å². The Morgan fingerprint density at radius 3 is 2.40 bits per heavy atom. The Balaban J connectivity index is 2.68. The van der Waals surface area contributed by atoms with Gasteiger partial charge < -0.3 is 0 Å². The first-order chi connectivity index (χ1) is 11.7. The Labute approximate surface area is 164 Å². The molecule has 0 atom stereocenters. The molecule has 2 rings (SSSR count). The normalized spacial score (nSPS) is 11.2. The predicted octanol–water partition coefficient (Wildman–Crippen LogP) is 3.49. The highest BCUT2D eigenvalue weighted by atomic mass is 35.5. The molecule has 6 nitrogen and oxygen atoms in total. The van der Waals surface area contributed by atoms with Gasteiger partial charge in [-0.25, -0.2) is 14.3 Å². The zero-order valence-corrected chi connectivity index (χ0v) is 16.2. The first-order valence-corrected chi connectivity index (χ1v) is 9.55. The maximum Gasteiger partial charge on any atom is 0.266 e. The number of nitrogens with two attached hydrogens (primary N) is 1. The zero-order chi connectivity index (χ0) is 18.8. The minimum atomic E-state index is -4.29. The van der Waals surface area contributed by atoms with E-state index in [0.29, 0.717) is 0 Å². The number of carbonyl (C=O) groups excluding carboxylic acids is 1. The number of halogens is 4. The van der Waals surface area contributed by atoms with Crippen LogP contribution in [0.25, 0.3) is 0 Å². The first kappa shape index (κ1) is 20.1. The summed E-state index contributed by atoms with van der Waals surface area (Å²) in [5, 5.41) is 0.157. The van der Waals surface area contributed by atoms with E-state index >= 15 is 0 Å². The highest BCUT2D eigenvalue weighted by molar-refractivity contribution is 7.93. The molecule has 1 amide bonds. The third-order valence-electron chi connectivity index (χ3n) is 3.11. The number of rotatable bonds is 5. The third-order valence-corrected chi connectivity index (χ3v) is 6.39. The standard InChI is InChI=1S/C14H11Cl4N3O3S/c15-8-4-5-9(16)12(6-8)25(23,24)21(7-13(22)20-19)11-3-1-2-10(17)14(11)18/h1-6H,7,19H2,(H,20,22). The number of amides is 1. The zero-order valence-electron chi connectivity index (χ0n) is 12.3. The quantitative estimate of drug-likeness (QED) is 0.421. The van der Waals surface area contributed by atoms with Crippen LogP contribution in [0, 0.1) is 0 Å². The van der Waals surface area contributed by atoms with Gasteiger partial charge >= 0.3 is 0 Å². The van der Waals surface area contributed by atoms with Crippen LogP contribution < -0.4 is 15.6 Å². The molecule has 25 heavy (non-hydrogen) atoms. The second-order valence-corrected chi connectivity index (χ2v) is 8.19. The van der Waals surface area contributed by atoms with Crippen molar-refractivity contribution in [1.82, 2.24) is 5.43 Å². The molecule has 0 aliphatic carbocycles. The molecule has 2 aromatic rings. The lowest BCUT2D eigenvalue weighted by Crippen LogP contribution is -2.43. The molecule has 134 valence electrons.